The number of hydrogen-bond acceptors (Lipinski definition) is 4. The van der Waals surface area contributed by atoms with Crippen molar-refractivity contribution in [2.24, 2.45) is 0 Å². The molecule has 2 atom stereocenters. The van der Waals surface area contributed by atoms with Gasteiger partial charge in [0.1, 0.15) is 0 Å². The first-order valence-corrected chi connectivity index (χ1v) is 11.3. The second-order valence-electron chi connectivity index (χ2n) is 7.20. The van der Waals surface area contributed by atoms with Crippen LogP contribution in [0.1, 0.15) is 41.6 Å². The quantitative estimate of drug-likeness (QED) is 0.778. The maximum absolute atomic E-state index is 12.9. The van der Waals surface area contributed by atoms with Crippen LogP contribution in [0.5, 0.6) is 0 Å². The first-order chi connectivity index (χ1) is 13.4. The molecule has 150 valence electrons. The zero-order valence-corrected chi connectivity index (χ0v) is 16.7. The first-order valence-electron chi connectivity index (χ1n) is 9.46. The van der Waals surface area contributed by atoms with Gasteiger partial charge in [-0.05, 0) is 30.5 Å². The Balaban J connectivity index is 1.90. The van der Waals surface area contributed by atoms with Gasteiger partial charge in [-0.1, -0.05) is 55.3 Å². The van der Waals surface area contributed by atoms with Crippen LogP contribution >= 0.6 is 0 Å². The van der Waals surface area contributed by atoms with Gasteiger partial charge in [-0.2, -0.15) is 0 Å². The molecule has 0 bridgehead atoms. The molecule has 1 amide bonds. The van der Waals surface area contributed by atoms with Crippen molar-refractivity contribution < 1.29 is 18.3 Å². The largest absolute Gasteiger partial charge is 0.391 e. The van der Waals surface area contributed by atoms with Crippen molar-refractivity contribution in [3.8, 4) is 0 Å². The van der Waals surface area contributed by atoms with Crippen molar-refractivity contribution >= 4 is 21.6 Å². The average molecular weight is 403 g/mol. The van der Waals surface area contributed by atoms with Crippen molar-refractivity contribution in [2.75, 3.05) is 10.6 Å². The van der Waals surface area contributed by atoms with Crippen LogP contribution in [0.4, 0.5) is 5.69 Å². The van der Waals surface area contributed by atoms with E-state index in [-0.39, 0.29) is 24.1 Å². The lowest BCUT2D eigenvalue weighted by Gasteiger charge is -2.29. The van der Waals surface area contributed by atoms with Gasteiger partial charge in [0, 0.05) is 0 Å². The SMILES string of the molecule is CS(=O)(=O)N(Cc1ccccc1)c1ccccc1C(=O)N[C@@H]1CCCC[C@H]1O. The van der Waals surface area contributed by atoms with E-state index in [1.54, 1.807) is 24.3 Å². The van der Waals surface area contributed by atoms with Crippen molar-refractivity contribution in [1.29, 1.82) is 0 Å². The van der Waals surface area contributed by atoms with Gasteiger partial charge in [0.05, 0.1) is 36.2 Å². The summed E-state index contributed by atoms with van der Waals surface area (Å²) >= 11 is 0. The van der Waals surface area contributed by atoms with Crippen LogP contribution in [0.25, 0.3) is 0 Å². The number of sulfonamides is 1. The van der Waals surface area contributed by atoms with Gasteiger partial charge in [-0.3, -0.25) is 9.10 Å². The summed E-state index contributed by atoms with van der Waals surface area (Å²) in [5.74, 6) is -0.372. The molecule has 2 aromatic carbocycles. The van der Waals surface area contributed by atoms with Gasteiger partial charge < -0.3 is 10.4 Å². The smallest absolute Gasteiger partial charge is 0.253 e. The molecule has 0 radical (unpaired) electrons. The van der Waals surface area contributed by atoms with E-state index in [1.165, 1.54) is 4.31 Å². The van der Waals surface area contributed by atoms with Crippen LogP contribution in [0.3, 0.4) is 0 Å². The van der Waals surface area contributed by atoms with Crippen LogP contribution in [0.2, 0.25) is 0 Å². The zero-order valence-electron chi connectivity index (χ0n) is 15.9. The highest BCUT2D eigenvalue weighted by Gasteiger charge is 2.28. The summed E-state index contributed by atoms with van der Waals surface area (Å²) in [6.07, 6.45) is 3.84. The molecule has 28 heavy (non-hydrogen) atoms. The van der Waals surface area contributed by atoms with Crippen LogP contribution in [0, 0.1) is 0 Å². The lowest BCUT2D eigenvalue weighted by molar-refractivity contribution is 0.0717. The fraction of sp³-hybridized carbons (Fsp3) is 0.381. The second-order valence-corrected chi connectivity index (χ2v) is 9.11. The number of para-hydroxylation sites is 1. The standard InChI is InChI=1S/C21H26N2O4S/c1-28(26,27)23(15-16-9-3-2-4-10-16)19-13-7-5-11-17(19)21(25)22-18-12-6-8-14-20(18)24/h2-5,7,9-11,13,18,20,24H,6,8,12,14-15H2,1H3,(H,22,25)/t18-,20-/m1/s1. The molecule has 0 aromatic heterocycles. The lowest BCUT2D eigenvalue weighted by Crippen LogP contribution is -2.45. The highest BCUT2D eigenvalue weighted by atomic mass is 32.2. The minimum Gasteiger partial charge on any atom is -0.391 e. The van der Waals surface area contributed by atoms with E-state index in [0.29, 0.717) is 12.1 Å². The predicted molar refractivity (Wildman–Crippen MR) is 110 cm³/mol. The third-order valence-corrected chi connectivity index (χ3v) is 6.16. The van der Waals surface area contributed by atoms with Gasteiger partial charge in [0.25, 0.3) is 5.91 Å². The topological polar surface area (TPSA) is 86.7 Å². The predicted octanol–water partition coefficient (Wildman–Crippen LogP) is 2.69. The van der Waals surface area contributed by atoms with Gasteiger partial charge >= 0.3 is 0 Å². The average Bonchev–Trinajstić information content (AvgIpc) is 2.68. The van der Waals surface area contributed by atoms with E-state index in [2.05, 4.69) is 5.32 Å². The third-order valence-electron chi connectivity index (χ3n) is 5.03. The van der Waals surface area contributed by atoms with Crippen molar-refractivity contribution in [3.05, 3.63) is 65.7 Å². The van der Waals surface area contributed by atoms with Crippen LogP contribution in [-0.4, -0.2) is 37.8 Å². The van der Waals surface area contributed by atoms with E-state index in [4.69, 9.17) is 0 Å². The Morgan fingerprint density at radius 3 is 2.39 bits per heavy atom. The first kappa shape index (κ1) is 20.4. The molecule has 0 aliphatic heterocycles. The molecule has 2 N–H and O–H groups in total. The normalized spacial score (nSPS) is 19.8. The molecular formula is C21H26N2O4S. The van der Waals surface area contributed by atoms with Gasteiger partial charge in [-0.15, -0.1) is 0 Å². The van der Waals surface area contributed by atoms with Gasteiger partial charge in [0.15, 0.2) is 0 Å². The summed E-state index contributed by atoms with van der Waals surface area (Å²) in [7, 11) is -3.61. The fourth-order valence-corrected chi connectivity index (χ4v) is 4.44. The zero-order chi connectivity index (χ0) is 20.1. The van der Waals surface area contributed by atoms with Crippen molar-refractivity contribution in [1.82, 2.24) is 5.32 Å². The van der Waals surface area contributed by atoms with E-state index >= 15 is 0 Å². The molecule has 1 aliphatic carbocycles. The number of carbonyl (C=O) groups excluding carboxylic acids is 1. The fourth-order valence-electron chi connectivity index (χ4n) is 3.54. The maximum Gasteiger partial charge on any atom is 0.253 e. The van der Waals surface area contributed by atoms with Crippen LogP contribution in [0.15, 0.2) is 54.6 Å². The Bertz CT molecular complexity index is 915. The molecule has 1 aliphatic rings. The van der Waals surface area contributed by atoms with Crippen LogP contribution < -0.4 is 9.62 Å². The van der Waals surface area contributed by atoms with Crippen molar-refractivity contribution in [3.63, 3.8) is 0 Å². The monoisotopic (exact) mass is 402 g/mol. The summed E-state index contributed by atoms with van der Waals surface area (Å²) < 4.78 is 26.3. The van der Waals surface area contributed by atoms with E-state index in [0.717, 1.165) is 31.1 Å². The molecule has 2 aromatic rings. The number of benzene rings is 2. The summed E-state index contributed by atoms with van der Waals surface area (Å²) in [6, 6.07) is 15.6. The minimum atomic E-state index is -3.61. The van der Waals surface area contributed by atoms with Gasteiger partial charge in [-0.25, -0.2) is 8.42 Å². The highest BCUT2D eigenvalue weighted by molar-refractivity contribution is 7.92. The molecule has 0 spiro atoms. The Morgan fingerprint density at radius 2 is 1.71 bits per heavy atom. The highest BCUT2D eigenvalue weighted by Crippen LogP contribution is 2.26. The second kappa shape index (κ2) is 8.75. The Kier molecular flexibility index (Phi) is 6.36. The van der Waals surface area contributed by atoms with Crippen LogP contribution in [-0.2, 0) is 16.6 Å². The number of aliphatic hydroxyl groups is 1. The molecule has 0 heterocycles. The number of aliphatic hydroxyl groups excluding tert-OH is 1. The number of rotatable bonds is 6. The number of carbonyl (C=O) groups is 1. The number of nitrogens with one attached hydrogen (secondary N) is 1. The Labute approximate surface area is 166 Å². The minimum absolute atomic E-state index is 0.135. The van der Waals surface area contributed by atoms with Crippen molar-refractivity contribution in [2.45, 2.75) is 44.4 Å². The summed E-state index contributed by atoms with van der Waals surface area (Å²) in [4.78, 5) is 12.9. The van der Waals surface area contributed by atoms with E-state index in [9.17, 15) is 18.3 Å². The maximum atomic E-state index is 12.9. The molecule has 1 saturated carbocycles. The Morgan fingerprint density at radius 1 is 1.07 bits per heavy atom. The number of nitrogens with zero attached hydrogens (tertiary/aromatic N) is 1. The lowest BCUT2D eigenvalue weighted by atomic mass is 9.92. The molecule has 3 rings (SSSR count). The molecule has 6 nitrogen and oxygen atoms in total. The van der Waals surface area contributed by atoms with E-state index < -0.39 is 16.1 Å². The summed E-state index contributed by atoms with van der Waals surface area (Å²) in [6.45, 7) is 0.135. The molecule has 1 fully saturated rings. The Hall–Kier alpha value is -2.38. The number of hydrogen-bond donors (Lipinski definition) is 2. The number of amides is 1. The van der Waals surface area contributed by atoms with E-state index in [1.807, 2.05) is 30.3 Å². The van der Waals surface area contributed by atoms with Gasteiger partial charge in [0.2, 0.25) is 10.0 Å². The number of anilines is 1. The summed E-state index contributed by atoms with van der Waals surface area (Å²) in [5.41, 5.74) is 1.43. The molecule has 7 heteroatoms. The third kappa shape index (κ3) is 4.91. The molecule has 0 saturated heterocycles. The molecular weight excluding hydrogens is 376 g/mol. The molecule has 0 unspecified atom stereocenters. The summed E-state index contributed by atoms with van der Waals surface area (Å²) in [5, 5.41) is 13.0.